The third kappa shape index (κ3) is 4.45. The van der Waals surface area contributed by atoms with Crippen LogP contribution in [0, 0.1) is 0 Å². The van der Waals surface area contributed by atoms with Crippen LogP contribution in [-0.4, -0.2) is 32.3 Å². The van der Waals surface area contributed by atoms with Gasteiger partial charge in [-0.15, -0.1) is 0 Å². The number of para-hydroxylation sites is 2. The smallest absolute Gasteiger partial charge is 0.387 e. The molecule has 0 unspecified atom stereocenters. The maximum atomic E-state index is 12.4. The summed E-state index contributed by atoms with van der Waals surface area (Å²) in [5.41, 5.74) is 0.635. The molecule has 0 radical (unpaired) electrons. The van der Waals surface area contributed by atoms with Gasteiger partial charge in [0.25, 0.3) is 0 Å². The molecule has 2 aromatic carbocycles. The number of rotatable bonds is 6. The monoisotopic (exact) mass is 384 g/mol. The number of hydrogen-bond acceptors (Lipinski definition) is 5. The van der Waals surface area contributed by atoms with Gasteiger partial charge in [0.2, 0.25) is 5.91 Å². The molecule has 1 aliphatic heterocycles. The Balaban J connectivity index is 1.63. The number of hydrogen-bond donors (Lipinski definition) is 2. The van der Waals surface area contributed by atoms with E-state index in [1.54, 1.807) is 18.2 Å². The SMILES string of the molecule is O=C(CNc1cc2c(cc1Cl)OCCO2)Nc1ccccc1OC(F)F. The highest BCUT2D eigenvalue weighted by Gasteiger charge is 2.16. The molecule has 0 aromatic heterocycles. The molecular formula is C17H15ClF2N2O4. The third-order valence-corrected chi connectivity index (χ3v) is 3.76. The Hall–Kier alpha value is -2.74. The lowest BCUT2D eigenvalue weighted by Gasteiger charge is -2.20. The number of amides is 1. The Morgan fingerprint density at radius 3 is 2.58 bits per heavy atom. The van der Waals surface area contributed by atoms with Crippen molar-refractivity contribution in [1.82, 2.24) is 0 Å². The van der Waals surface area contributed by atoms with Crippen molar-refractivity contribution in [2.45, 2.75) is 6.61 Å². The highest BCUT2D eigenvalue weighted by atomic mass is 35.5. The number of fused-ring (bicyclic) bond motifs is 1. The van der Waals surface area contributed by atoms with Crippen LogP contribution >= 0.6 is 11.6 Å². The summed E-state index contributed by atoms with van der Waals surface area (Å²) in [5, 5.41) is 5.75. The van der Waals surface area contributed by atoms with Crippen LogP contribution in [0.25, 0.3) is 0 Å². The fraction of sp³-hybridized carbons (Fsp3) is 0.235. The van der Waals surface area contributed by atoms with Crippen LogP contribution in [-0.2, 0) is 4.79 Å². The first-order valence-corrected chi connectivity index (χ1v) is 8.07. The zero-order valence-electron chi connectivity index (χ0n) is 13.4. The number of ether oxygens (including phenoxy) is 3. The topological polar surface area (TPSA) is 68.8 Å². The van der Waals surface area contributed by atoms with Gasteiger partial charge in [-0.2, -0.15) is 8.78 Å². The van der Waals surface area contributed by atoms with E-state index in [1.165, 1.54) is 18.2 Å². The lowest BCUT2D eigenvalue weighted by molar-refractivity contribution is -0.114. The first kappa shape index (κ1) is 18.1. The summed E-state index contributed by atoms with van der Waals surface area (Å²) in [6.07, 6.45) is 0. The minimum Gasteiger partial charge on any atom is -0.486 e. The summed E-state index contributed by atoms with van der Waals surface area (Å²) in [7, 11) is 0. The first-order valence-electron chi connectivity index (χ1n) is 7.69. The Kier molecular flexibility index (Phi) is 5.62. The van der Waals surface area contributed by atoms with Crippen molar-refractivity contribution in [1.29, 1.82) is 0 Å². The lowest BCUT2D eigenvalue weighted by Crippen LogP contribution is -2.22. The zero-order valence-corrected chi connectivity index (χ0v) is 14.2. The fourth-order valence-corrected chi connectivity index (χ4v) is 2.56. The molecule has 0 aliphatic carbocycles. The van der Waals surface area contributed by atoms with Gasteiger partial charge in [0.1, 0.15) is 19.0 Å². The van der Waals surface area contributed by atoms with E-state index in [9.17, 15) is 13.6 Å². The van der Waals surface area contributed by atoms with Crippen molar-refractivity contribution in [2.24, 2.45) is 0 Å². The van der Waals surface area contributed by atoms with Crippen molar-refractivity contribution in [3.05, 3.63) is 41.4 Å². The fourth-order valence-electron chi connectivity index (χ4n) is 2.34. The third-order valence-electron chi connectivity index (χ3n) is 3.45. The minimum absolute atomic E-state index is 0.117. The molecule has 2 aromatic rings. The summed E-state index contributed by atoms with van der Waals surface area (Å²) < 4.78 is 40.1. The van der Waals surface area contributed by atoms with Gasteiger partial charge in [-0.3, -0.25) is 4.79 Å². The van der Waals surface area contributed by atoms with Crippen molar-refractivity contribution in [3.63, 3.8) is 0 Å². The largest absolute Gasteiger partial charge is 0.486 e. The molecule has 0 atom stereocenters. The van der Waals surface area contributed by atoms with E-state index in [0.29, 0.717) is 35.4 Å². The normalized spacial score (nSPS) is 12.6. The van der Waals surface area contributed by atoms with Crippen molar-refractivity contribution < 1.29 is 27.8 Å². The van der Waals surface area contributed by atoms with Gasteiger partial charge in [0.15, 0.2) is 11.5 Å². The zero-order chi connectivity index (χ0) is 18.5. The Morgan fingerprint density at radius 2 is 1.85 bits per heavy atom. The maximum absolute atomic E-state index is 12.4. The molecule has 1 amide bonds. The Labute approximate surface area is 153 Å². The summed E-state index contributed by atoms with van der Waals surface area (Å²) >= 11 is 6.15. The minimum atomic E-state index is -2.98. The number of halogens is 3. The molecule has 0 saturated carbocycles. The number of alkyl halides is 2. The van der Waals surface area contributed by atoms with E-state index in [-0.39, 0.29) is 18.0 Å². The molecule has 138 valence electrons. The van der Waals surface area contributed by atoms with Gasteiger partial charge in [-0.25, -0.2) is 0 Å². The van der Waals surface area contributed by atoms with Gasteiger partial charge in [0, 0.05) is 12.1 Å². The van der Waals surface area contributed by atoms with Crippen LogP contribution in [0.3, 0.4) is 0 Å². The molecule has 6 nitrogen and oxygen atoms in total. The molecule has 1 aliphatic rings. The molecule has 0 spiro atoms. The second-order valence-corrected chi connectivity index (χ2v) is 5.66. The highest BCUT2D eigenvalue weighted by Crippen LogP contribution is 2.37. The van der Waals surface area contributed by atoms with Crippen LogP contribution in [0.5, 0.6) is 17.2 Å². The molecule has 26 heavy (non-hydrogen) atoms. The van der Waals surface area contributed by atoms with Crippen LogP contribution in [0.1, 0.15) is 0 Å². The Bertz CT molecular complexity index is 804. The Morgan fingerprint density at radius 1 is 1.15 bits per heavy atom. The van der Waals surface area contributed by atoms with Gasteiger partial charge in [0.05, 0.1) is 22.9 Å². The second-order valence-electron chi connectivity index (χ2n) is 5.25. The summed E-state index contributed by atoms with van der Waals surface area (Å²) in [5.74, 6) is 0.489. The van der Waals surface area contributed by atoms with Gasteiger partial charge >= 0.3 is 6.61 Å². The molecule has 0 bridgehead atoms. The number of benzene rings is 2. The predicted molar refractivity (Wildman–Crippen MR) is 92.6 cm³/mol. The molecule has 1 heterocycles. The van der Waals surface area contributed by atoms with Crippen molar-refractivity contribution in [2.75, 3.05) is 30.4 Å². The van der Waals surface area contributed by atoms with E-state index in [4.69, 9.17) is 21.1 Å². The lowest BCUT2D eigenvalue weighted by atomic mass is 10.2. The van der Waals surface area contributed by atoms with E-state index >= 15 is 0 Å². The van der Waals surface area contributed by atoms with Gasteiger partial charge in [-0.05, 0) is 12.1 Å². The van der Waals surface area contributed by atoms with E-state index in [0.717, 1.165) is 0 Å². The molecule has 3 rings (SSSR count). The van der Waals surface area contributed by atoms with Gasteiger partial charge in [-0.1, -0.05) is 23.7 Å². The summed E-state index contributed by atoms with van der Waals surface area (Å²) in [6, 6.07) is 9.17. The van der Waals surface area contributed by atoms with Crippen LogP contribution in [0.15, 0.2) is 36.4 Å². The average molecular weight is 385 g/mol. The number of carbonyl (C=O) groups is 1. The number of anilines is 2. The molecular weight excluding hydrogens is 370 g/mol. The quantitative estimate of drug-likeness (QED) is 0.793. The van der Waals surface area contributed by atoms with Crippen LogP contribution in [0.4, 0.5) is 20.2 Å². The van der Waals surface area contributed by atoms with Crippen LogP contribution < -0.4 is 24.8 Å². The highest BCUT2D eigenvalue weighted by molar-refractivity contribution is 6.33. The molecule has 0 fully saturated rings. The van der Waals surface area contributed by atoms with Gasteiger partial charge < -0.3 is 24.8 Å². The standard InChI is InChI=1S/C17H15ClF2N2O4/c18-10-7-14-15(25-6-5-24-14)8-12(10)21-9-16(23)22-11-3-1-2-4-13(11)26-17(19)20/h1-4,7-8,17,21H,5-6,9H2,(H,22,23). The van der Waals surface area contributed by atoms with E-state index < -0.39 is 12.5 Å². The number of nitrogens with one attached hydrogen (secondary N) is 2. The summed E-state index contributed by atoms with van der Waals surface area (Å²) in [4.78, 5) is 12.1. The first-order chi connectivity index (χ1) is 12.5. The van der Waals surface area contributed by atoms with E-state index in [1.807, 2.05) is 0 Å². The predicted octanol–water partition coefficient (Wildman–Crippen LogP) is 3.76. The molecule has 9 heteroatoms. The van der Waals surface area contributed by atoms with Crippen LogP contribution in [0.2, 0.25) is 5.02 Å². The second kappa shape index (κ2) is 8.09. The van der Waals surface area contributed by atoms with Crippen molar-refractivity contribution >= 4 is 28.9 Å². The van der Waals surface area contributed by atoms with Crippen molar-refractivity contribution in [3.8, 4) is 17.2 Å². The van der Waals surface area contributed by atoms with E-state index in [2.05, 4.69) is 15.4 Å². The number of carbonyl (C=O) groups excluding carboxylic acids is 1. The maximum Gasteiger partial charge on any atom is 0.387 e. The molecule has 2 N–H and O–H groups in total. The molecule has 0 saturated heterocycles. The average Bonchev–Trinajstić information content (AvgIpc) is 2.61. The summed E-state index contributed by atoms with van der Waals surface area (Å²) in [6.45, 7) is -2.25.